The van der Waals surface area contributed by atoms with Gasteiger partial charge < -0.3 is 5.73 Å². The van der Waals surface area contributed by atoms with E-state index in [1.165, 1.54) is 21.2 Å². The maximum absolute atomic E-state index is 11.5. The quantitative estimate of drug-likeness (QED) is 0.496. The van der Waals surface area contributed by atoms with Crippen molar-refractivity contribution in [2.75, 3.05) is 5.73 Å². The predicted octanol–water partition coefficient (Wildman–Crippen LogP) is 2.55. The lowest BCUT2D eigenvalue weighted by Gasteiger charge is -2.05. The molecule has 78 valence electrons. The van der Waals surface area contributed by atoms with Crippen molar-refractivity contribution in [1.29, 1.82) is 0 Å². The van der Waals surface area contributed by atoms with Gasteiger partial charge in [-0.05, 0) is 12.1 Å². The van der Waals surface area contributed by atoms with Crippen molar-refractivity contribution in [1.82, 2.24) is 0 Å². The van der Waals surface area contributed by atoms with Crippen LogP contribution in [0.1, 0.15) is 0 Å². The first-order valence-electron chi connectivity index (χ1n) is 4.22. The van der Waals surface area contributed by atoms with Crippen molar-refractivity contribution in [3.8, 4) is 0 Å². The van der Waals surface area contributed by atoms with Gasteiger partial charge in [0.05, 0.1) is 26.1 Å². The molecule has 0 fully saturated rings. The minimum Gasteiger partial charge on any atom is -0.398 e. The lowest BCUT2D eigenvalue weighted by Crippen LogP contribution is -1.94. The van der Waals surface area contributed by atoms with Crippen LogP contribution in [0.2, 0.25) is 0 Å². The highest BCUT2D eigenvalue weighted by molar-refractivity contribution is 14.2. The SMILES string of the molecule is Nc1ccc(S(=O)(=O)I)c2ccccc12. The molecule has 15 heavy (non-hydrogen) atoms. The van der Waals surface area contributed by atoms with Gasteiger partial charge in [0.25, 0.3) is 0 Å². The summed E-state index contributed by atoms with van der Waals surface area (Å²) < 4.78 is 23.0. The van der Waals surface area contributed by atoms with Crippen LogP contribution >= 0.6 is 21.2 Å². The van der Waals surface area contributed by atoms with Crippen LogP contribution in [0.25, 0.3) is 10.8 Å². The Balaban J connectivity index is 2.96. The zero-order chi connectivity index (χ0) is 11.1. The van der Waals surface area contributed by atoms with Gasteiger partial charge in [0, 0.05) is 16.5 Å². The van der Waals surface area contributed by atoms with Crippen LogP contribution in [0, 0.1) is 0 Å². The van der Waals surface area contributed by atoms with E-state index in [-0.39, 0.29) is 0 Å². The molecule has 0 atom stereocenters. The molecule has 0 unspecified atom stereocenters. The van der Waals surface area contributed by atoms with Gasteiger partial charge in [-0.1, -0.05) is 24.3 Å². The Morgan fingerprint density at radius 3 is 2.20 bits per heavy atom. The number of hydrogen-bond donors (Lipinski definition) is 1. The van der Waals surface area contributed by atoms with Gasteiger partial charge >= 0.3 is 0 Å². The minimum absolute atomic E-state index is 0.313. The average molecular weight is 333 g/mol. The van der Waals surface area contributed by atoms with Crippen molar-refractivity contribution in [3.05, 3.63) is 36.4 Å². The van der Waals surface area contributed by atoms with E-state index in [0.29, 0.717) is 16.0 Å². The average Bonchev–Trinajstić information content (AvgIpc) is 2.17. The Kier molecular flexibility index (Phi) is 2.59. The summed E-state index contributed by atoms with van der Waals surface area (Å²) in [7, 11) is -3.23. The Labute approximate surface area is 99.8 Å². The van der Waals surface area contributed by atoms with E-state index in [9.17, 15) is 8.42 Å². The van der Waals surface area contributed by atoms with E-state index in [1.54, 1.807) is 24.3 Å². The highest BCUT2D eigenvalue weighted by Gasteiger charge is 2.13. The van der Waals surface area contributed by atoms with Crippen LogP contribution in [0.4, 0.5) is 5.69 Å². The highest BCUT2D eigenvalue weighted by atomic mass is 127. The fourth-order valence-electron chi connectivity index (χ4n) is 1.51. The second kappa shape index (κ2) is 3.64. The molecule has 0 bridgehead atoms. The van der Waals surface area contributed by atoms with Crippen molar-refractivity contribution < 1.29 is 8.42 Å². The van der Waals surface area contributed by atoms with Crippen LogP contribution < -0.4 is 5.73 Å². The summed E-state index contributed by atoms with van der Waals surface area (Å²) in [5, 5.41) is 1.45. The number of hydrogen-bond acceptors (Lipinski definition) is 3. The van der Waals surface area contributed by atoms with Crippen LogP contribution in [0.5, 0.6) is 0 Å². The molecule has 0 heterocycles. The van der Waals surface area contributed by atoms with E-state index in [4.69, 9.17) is 5.73 Å². The highest BCUT2D eigenvalue weighted by Crippen LogP contribution is 2.30. The molecule has 5 heteroatoms. The van der Waals surface area contributed by atoms with Gasteiger partial charge in [0.2, 0.25) is 7.01 Å². The summed E-state index contributed by atoms with van der Waals surface area (Å²) in [6.07, 6.45) is 0. The Bertz CT molecular complexity index is 622. The molecule has 0 aliphatic carbocycles. The second-order valence-corrected chi connectivity index (χ2v) is 7.93. The molecular weight excluding hydrogens is 325 g/mol. The van der Waals surface area contributed by atoms with E-state index < -0.39 is 7.01 Å². The first-order valence-corrected chi connectivity index (χ1v) is 8.24. The van der Waals surface area contributed by atoms with E-state index in [2.05, 4.69) is 0 Å². The van der Waals surface area contributed by atoms with Gasteiger partial charge in [0.1, 0.15) is 0 Å². The smallest absolute Gasteiger partial charge is 0.231 e. The van der Waals surface area contributed by atoms with Crippen LogP contribution in [-0.2, 0) is 7.01 Å². The molecule has 0 aliphatic heterocycles. The molecule has 0 saturated carbocycles. The van der Waals surface area contributed by atoms with Crippen molar-refractivity contribution in [2.24, 2.45) is 0 Å². The molecule has 2 rings (SSSR count). The van der Waals surface area contributed by atoms with Crippen molar-refractivity contribution in [3.63, 3.8) is 0 Å². The Hall–Kier alpha value is -0.820. The van der Waals surface area contributed by atoms with Gasteiger partial charge in [0.15, 0.2) is 0 Å². The number of nitrogens with two attached hydrogens (primary N) is 1. The fraction of sp³-hybridized carbons (Fsp3) is 0. The normalized spacial score (nSPS) is 11.8. The third-order valence-electron chi connectivity index (χ3n) is 2.18. The molecule has 2 aromatic rings. The van der Waals surface area contributed by atoms with E-state index in [1.807, 2.05) is 12.1 Å². The topological polar surface area (TPSA) is 60.2 Å². The summed E-state index contributed by atoms with van der Waals surface area (Å²) >= 11 is 1.43. The zero-order valence-electron chi connectivity index (χ0n) is 7.64. The third-order valence-corrected chi connectivity index (χ3v) is 4.49. The number of anilines is 1. The monoisotopic (exact) mass is 333 g/mol. The molecule has 2 N–H and O–H groups in total. The van der Waals surface area contributed by atoms with Crippen LogP contribution in [0.3, 0.4) is 0 Å². The first kappa shape index (κ1) is 10.7. The maximum Gasteiger partial charge on any atom is 0.231 e. The maximum atomic E-state index is 11.5. The number of nitrogen functional groups attached to an aromatic ring is 1. The lowest BCUT2D eigenvalue weighted by atomic mass is 10.1. The molecule has 3 nitrogen and oxygen atoms in total. The van der Waals surface area contributed by atoms with Crippen molar-refractivity contribution in [2.45, 2.75) is 4.90 Å². The minimum atomic E-state index is -3.23. The number of fused-ring (bicyclic) bond motifs is 1. The summed E-state index contributed by atoms with van der Waals surface area (Å²) in [5.74, 6) is 0. The van der Waals surface area contributed by atoms with Gasteiger partial charge in [-0.15, -0.1) is 0 Å². The molecule has 0 saturated heterocycles. The Morgan fingerprint density at radius 2 is 1.60 bits per heavy atom. The summed E-state index contributed by atoms with van der Waals surface area (Å²) in [6.45, 7) is 0. The van der Waals surface area contributed by atoms with E-state index >= 15 is 0 Å². The van der Waals surface area contributed by atoms with Crippen LogP contribution in [-0.4, -0.2) is 8.42 Å². The molecule has 0 spiro atoms. The number of rotatable bonds is 1. The molecule has 0 aliphatic rings. The zero-order valence-corrected chi connectivity index (χ0v) is 10.6. The molecule has 0 aromatic heterocycles. The van der Waals surface area contributed by atoms with E-state index in [0.717, 1.165) is 5.39 Å². The molecule has 0 amide bonds. The largest absolute Gasteiger partial charge is 0.398 e. The molecular formula is C10H8INO2S. The van der Waals surface area contributed by atoms with Gasteiger partial charge in [-0.25, -0.2) is 8.42 Å². The number of halogens is 1. The molecule has 0 radical (unpaired) electrons. The molecule has 2 aromatic carbocycles. The Morgan fingerprint density at radius 1 is 1.00 bits per heavy atom. The second-order valence-electron chi connectivity index (χ2n) is 3.14. The van der Waals surface area contributed by atoms with Crippen LogP contribution in [0.15, 0.2) is 41.3 Å². The fourth-order valence-corrected chi connectivity index (χ4v) is 3.33. The van der Waals surface area contributed by atoms with Gasteiger partial charge in [-0.2, -0.15) is 0 Å². The first-order chi connectivity index (χ1) is 7.00. The standard InChI is InChI=1S/C10H8INO2S/c11-15(13,14)10-6-5-9(12)7-3-1-2-4-8(7)10/h1-6H,12H2. The summed E-state index contributed by atoms with van der Waals surface area (Å²) in [5.41, 5.74) is 6.36. The van der Waals surface area contributed by atoms with Crippen molar-refractivity contribution >= 4 is 44.7 Å². The predicted molar refractivity (Wildman–Crippen MR) is 69.6 cm³/mol. The summed E-state index contributed by atoms with van der Waals surface area (Å²) in [6, 6.07) is 10.4. The van der Waals surface area contributed by atoms with Gasteiger partial charge in [-0.3, -0.25) is 0 Å². The number of benzene rings is 2. The third kappa shape index (κ3) is 1.93. The lowest BCUT2D eigenvalue weighted by molar-refractivity contribution is 0.613. The summed E-state index contributed by atoms with van der Waals surface area (Å²) in [4.78, 5) is 0.313.